The third-order valence-corrected chi connectivity index (χ3v) is 12.4. The average molecular weight is 1040 g/mol. The highest BCUT2D eigenvalue weighted by atomic mass is 19.4. The smallest absolute Gasteiger partial charge is 0.309 e. The molecule has 0 radical (unpaired) electrons. The molecule has 0 fully saturated rings. The van der Waals surface area contributed by atoms with E-state index in [9.17, 15) is 65.9 Å². The number of fused-ring (bicyclic) bond motifs is 3. The Morgan fingerprint density at radius 1 is 0.280 bits per heavy atom. The second-order valence-electron chi connectivity index (χ2n) is 17.2. The van der Waals surface area contributed by atoms with Crippen LogP contribution in [0.4, 0.5) is 65.9 Å². The Morgan fingerprint density at radius 2 is 0.653 bits per heavy atom. The molecule has 0 aliphatic rings. The number of alkyl halides is 15. The Balaban J connectivity index is 1.29. The first kappa shape index (κ1) is 50.1. The summed E-state index contributed by atoms with van der Waals surface area (Å²) in [6.07, 6.45) is -25.9. The predicted octanol–water partition coefficient (Wildman–Crippen LogP) is 18.1. The van der Waals surface area contributed by atoms with E-state index in [1.165, 1.54) is 41.0 Å². The SMILES string of the molecule is FC(F)(F)c1cccc(-c2ccc(-c3nc(-c4ccccc4)nc(-c4ccccc4)n3)cc2-n2c3ccc(-c4ccc(C(F)(F)F)cc4C(F)(F)F)cc3c3cc(-c4ccc(C(F)(F)F)cc4C(F)(F)F)ccc32)c1. The number of nitrogens with zero attached hydrogens (tertiary/aromatic N) is 4. The molecule has 2 heterocycles. The van der Waals surface area contributed by atoms with E-state index in [4.69, 9.17) is 15.0 Å². The van der Waals surface area contributed by atoms with Crippen LogP contribution in [-0.2, 0) is 30.9 Å². The van der Waals surface area contributed by atoms with Gasteiger partial charge in [-0.25, -0.2) is 15.0 Å². The van der Waals surface area contributed by atoms with Crippen molar-refractivity contribution in [3.8, 4) is 73.2 Å². The van der Waals surface area contributed by atoms with Crippen molar-refractivity contribution in [1.82, 2.24) is 19.5 Å². The molecule has 2 aromatic heterocycles. The number of hydrogen-bond donors (Lipinski definition) is 0. The maximum atomic E-state index is 14.7. The van der Waals surface area contributed by atoms with Crippen molar-refractivity contribution in [1.29, 1.82) is 0 Å². The number of halogens is 15. The van der Waals surface area contributed by atoms with Gasteiger partial charge in [0.25, 0.3) is 0 Å². The van der Waals surface area contributed by atoms with Gasteiger partial charge in [0, 0.05) is 33.0 Å². The van der Waals surface area contributed by atoms with Crippen molar-refractivity contribution in [2.24, 2.45) is 0 Å². The second-order valence-corrected chi connectivity index (χ2v) is 17.2. The number of benzene rings is 8. The Morgan fingerprint density at radius 3 is 1.08 bits per heavy atom. The van der Waals surface area contributed by atoms with Gasteiger partial charge in [0.1, 0.15) is 0 Å². The summed E-state index contributed by atoms with van der Waals surface area (Å²) < 4.78 is 215. The number of rotatable bonds is 7. The van der Waals surface area contributed by atoms with Gasteiger partial charge in [-0.05, 0) is 94.5 Å². The fourth-order valence-electron chi connectivity index (χ4n) is 8.93. The molecule has 75 heavy (non-hydrogen) atoms. The number of aromatic nitrogens is 4. The van der Waals surface area contributed by atoms with Gasteiger partial charge in [0.2, 0.25) is 0 Å². The molecular formula is C56H29F15N4. The van der Waals surface area contributed by atoms with Crippen molar-refractivity contribution in [2.45, 2.75) is 30.9 Å². The van der Waals surface area contributed by atoms with Gasteiger partial charge in [-0.2, -0.15) is 65.9 Å². The normalized spacial score (nSPS) is 12.7. The first-order chi connectivity index (χ1) is 35.3. The third kappa shape index (κ3) is 9.77. The van der Waals surface area contributed by atoms with E-state index in [1.54, 1.807) is 60.7 Å². The lowest BCUT2D eigenvalue weighted by Gasteiger charge is -2.18. The van der Waals surface area contributed by atoms with Crippen molar-refractivity contribution in [2.75, 3.05) is 0 Å². The maximum Gasteiger partial charge on any atom is 0.417 e. The minimum atomic E-state index is -5.35. The summed E-state index contributed by atoms with van der Waals surface area (Å²) in [4.78, 5) is 14.3. The van der Waals surface area contributed by atoms with E-state index in [0.717, 1.165) is 42.5 Å². The van der Waals surface area contributed by atoms with Crippen LogP contribution in [0.25, 0.3) is 95.0 Å². The van der Waals surface area contributed by atoms with Crippen LogP contribution < -0.4 is 0 Å². The third-order valence-electron chi connectivity index (χ3n) is 12.4. The van der Waals surface area contributed by atoms with Crippen LogP contribution >= 0.6 is 0 Å². The van der Waals surface area contributed by atoms with Crippen LogP contribution in [0.2, 0.25) is 0 Å². The lowest BCUT2D eigenvalue weighted by Crippen LogP contribution is -2.12. The van der Waals surface area contributed by atoms with E-state index in [-0.39, 0.29) is 84.9 Å². The van der Waals surface area contributed by atoms with Gasteiger partial charge >= 0.3 is 30.9 Å². The van der Waals surface area contributed by atoms with E-state index in [0.29, 0.717) is 35.4 Å². The highest BCUT2D eigenvalue weighted by Crippen LogP contribution is 2.47. The first-order valence-electron chi connectivity index (χ1n) is 22.2. The Hall–Kier alpha value is -8.48. The summed E-state index contributed by atoms with van der Waals surface area (Å²) in [5, 5.41) is -0.0627. The molecule has 8 aromatic carbocycles. The maximum absolute atomic E-state index is 14.7. The van der Waals surface area contributed by atoms with E-state index < -0.39 is 69.8 Å². The van der Waals surface area contributed by atoms with Crippen LogP contribution in [-0.4, -0.2) is 19.5 Å². The molecule has 4 nitrogen and oxygen atoms in total. The van der Waals surface area contributed by atoms with Crippen molar-refractivity contribution in [3.63, 3.8) is 0 Å². The fourth-order valence-corrected chi connectivity index (χ4v) is 8.93. The molecule has 10 aromatic rings. The lowest BCUT2D eigenvalue weighted by atomic mass is 9.94. The molecule has 378 valence electrons. The van der Waals surface area contributed by atoms with E-state index in [1.807, 2.05) is 0 Å². The summed E-state index contributed by atoms with van der Waals surface area (Å²) in [5.41, 5.74) is -7.92. The largest absolute Gasteiger partial charge is 0.417 e. The summed E-state index contributed by atoms with van der Waals surface area (Å²) in [7, 11) is 0. The van der Waals surface area contributed by atoms with Crippen molar-refractivity contribution in [3.05, 3.63) is 204 Å². The first-order valence-corrected chi connectivity index (χ1v) is 22.2. The summed E-state index contributed by atoms with van der Waals surface area (Å²) >= 11 is 0. The minimum absolute atomic E-state index is 0.000594. The molecule has 0 unspecified atom stereocenters. The highest BCUT2D eigenvalue weighted by molar-refractivity contribution is 6.12. The zero-order valence-electron chi connectivity index (χ0n) is 37.7. The molecule has 0 atom stereocenters. The van der Waals surface area contributed by atoms with Crippen LogP contribution in [0.15, 0.2) is 176 Å². The van der Waals surface area contributed by atoms with E-state index >= 15 is 0 Å². The number of hydrogen-bond acceptors (Lipinski definition) is 3. The quantitative estimate of drug-likeness (QED) is 0.149. The zero-order chi connectivity index (χ0) is 53.4. The molecule has 0 aliphatic carbocycles. The van der Waals surface area contributed by atoms with Crippen molar-refractivity contribution < 1.29 is 65.9 Å². The summed E-state index contributed by atoms with van der Waals surface area (Å²) in [6.45, 7) is 0. The van der Waals surface area contributed by atoms with Gasteiger partial charge in [0.15, 0.2) is 17.5 Å². The van der Waals surface area contributed by atoms with Crippen LogP contribution in [0.5, 0.6) is 0 Å². The zero-order valence-corrected chi connectivity index (χ0v) is 37.7. The topological polar surface area (TPSA) is 43.6 Å². The monoisotopic (exact) mass is 1040 g/mol. The van der Waals surface area contributed by atoms with E-state index in [2.05, 4.69) is 0 Å². The van der Waals surface area contributed by atoms with Crippen LogP contribution in [0.1, 0.15) is 27.8 Å². The standard InChI is InChI=1S/C56H29F15N4/c57-52(58,59)36-13-7-12-32(24-36)41-19-14-35(51-73-49(30-8-3-1-4-9-30)72-50(74-51)31-10-5-2-6-11-31)27-48(41)75-46-22-15-33(39-20-17-37(53(60,61)62)28-44(39)55(66,67)68)25-42(46)43-26-34(16-23-47(43)75)40-21-18-38(54(63,64)65)29-45(40)56(69,70)71/h1-29H. The Kier molecular flexibility index (Phi) is 12.1. The average Bonchev–Trinajstić information content (AvgIpc) is 3.70. The minimum Gasteiger partial charge on any atom is -0.309 e. The van der Waals surface area contributed by atoms with Gasteiger partial charge in [0.05, 0.1) is 44.5 Å². The fraction of sp³-hybridized carbons (Fsp3) is 0.0893. The molecule has 0 bridgehead atoms. The molecule has 19 heteroatoms. The molecule has 10 rings (SSSR count). The lowest BCUT2D eigenvalue weighted by molar-refractivity contribution is -0.144. The van der Waals surface area contributed by atoms with Crippen LogP contribution in [0.3, 0.4) is 0 Å². The molecule has 0 saturated carbocycles. The predicted molar refractivity (Wildman–Crippen MR) is 252 cm³/mol. The van der Waals surface area contributed by atoms with Gasteiger partial charge in [-0.3, -0.25) is 0 Å². The summed E-state index contributed by atoms with van der Waals surface area (Å²) in [5.74, 6) is 0.514. The Bertz CT molecular complexity index is 3630. The highest BCUT2D eigenvalue weighted by Gasteiger charge is 2.40. The molecular weight excluding hydrogens is 1010 g/mol. The molecule has 0 saturated heterocycles. The molecule has 0 amide bonds. The molecule has 0 spiro atoms. The second kappa shape index (κ2) is 18.2. The summed E-state index contributed by atoms with van der Waals surface area (Å²) in [6, 6.07) is 35.6. The van der Waals surface area contributed by atoms with Gasteiger partial charge < -0.3 is 4.57 Å². The Labute approximate surface area is 414 Å². The van der Waals surface area contributed by atoms with Crippen molar-refractivity contribution >= 4 is 21.8 Å². The van der Waals surface area contributed by atoms with Gasteiger partial charge in [-0.1, -0.05) is 109 Å². The molecule has 0 aliphatic heterocycles. The van der Waals surface area contributed by atoms with Crippen LogP contribution in [0, 0.1) is 0 Å². The molecule has 0 N–H and O–H groups in total. The van der Waals surface area contributed by atoms with Gasteiger partial charge in [-0.15, -0.1) is 0 Å².